The minimum absolute atomic E-state index is 0.0830. The fourth-order valence-electron chi connectivity index (χ4n) is 2.06. The van der Waals surface area contributed by atoms with Crippen LogP contribution >= 0.6 is 23.4 Å². The average Bonchev–Trinajstić information content (AvgIpc) is 2.97. The van der Waals surface area contributed by atoms with Crippen LogP contribution in [0.1, 0.15) is 11.5 Å². The first-order chi connectivity index (χ1) is 12.0. The normalized spacial score (nSPS) is 11.1. The highest BCUT2D eigenvalue weighted by Gasteiger charge is 2.13. The Kier molecular flexibility index (Phi) is 7.77. The number of aryl methyl sites for hydroxylation is 1. The summed E-state index contributed by atoms with van der Waals surface area (Å²) in [5, 5.41) is 3.39. The Labute approximate surface area is 156 Å². The van der Waals surface area contributed by atoms with E-state index in [9.17, 15) is 4.79 Å². The molecule has 2 rings (SSSR count). The van der Waals surface area contributed by atoms with E-state index in [0.717, 1.165) is 17.0 Å². The van der Waals surface area contributed by atoms with Crippen LogP contribution in [0.5, 0.6) is 0 Å². The van der Waals surface area contributed by atoms with Crippen molar-refractivity contribution in [2.24, 2.45) is 0 Å². The summed E-state index contributed by atoms with van der Waals surface area (Å²) < 4.78 is 15.7. The monoisotopic (exact) mass is 384 g/mol. The Bertz CT molecular complexity index is 704. The van der Waals surface area contributed by atoms with Crippen LogP contribution in [-0.2, 0) is 20.0 Å². The molecule has 0 atom stereocenters. The standard InChI is InChI=1S/C17H21ClN2O4S/c1-11-14(9-25-10-15(21)19-8-16(22-2)23-3)20-17(24-11)12-5-4-6-13(18)7-12/h4-7,16H,8-10H2,1-3H3,(H,19,21). The van der Waals surface area contributed by atoms with E-state index in [1.807, 2.05) is 19.1 Å². The molecule has 0 saturated carbocycles. The van der Waals surface area contributed by atoms with E-state index in [1.54, 1.807) is 12.1 Å². The Balaban J connectivity index is 1.84. The van der Waals surface area contributed by atoms with Crippen LogP contribution in [0.4, 0.5) is 0 Å². The van der Waals surface area contributed by atoms with Gasteiger partial charge in [0.05, 0.1) is 18.0 Å². The molecular formula is C17H21ClN2O4S. The Morgan fingerprint density at radius 1 is 1.40 bits per heavy atom. The second-order valence-electron chi connectivity index (χ2n) is 5.23. The molecule has 1 aromatic carbocycles. The van der Waals surface area contributed by atoms with Gasteiger partial charge in [0.15, 0.2) is 6.29 Å². The van der Waals surface area contributed by atoms with Gasteiger partial charge in [0.25, 0.3) is 0 Å². The number of hydrogen-bond acceptors (Lipinski definition) is 6. The first-order valence-electron chi connectivity index (χ1n) is 7.65. The Hall–Kier alpha value is -1.54. The third kappa shape index (κ3) is 6.04. The number of carbonyl (C=O) groups is 1. The van der Waals surface area contributed by atoms with Gasteiger partial charge in [-0.25, -0.2) is 4.98 Å². The highest BCUT2D eigenvalue weighted by atomic mass is 35.5. The minimum Gasteiger partial charge on any atom is -0.441 e. The largest absolute Gasteiger partial charge is 0.441 e. The first-order valence-corrected chi connectivity index (χ1v) is 9.19. The highest BCUT2D eigenvalue weighted by Crippen LogP contribution is 2.26. The third-order valence-electron chi connectivity index (χ3n) is 3.43. The van der Waals surface area contributed by atoms with E-state index in [-0.39, 0.29) is 5.91 Å². The molecule has 136 valence electrons. The summed E-state index contributed by atoms with van der Waals surface area (Å²) in [7, 11) is 3.06. The molecule has 0 radical (unpaired) electrons. The number of amides is 1. The maximum absolute atomic E-state index is 11.8. The summed E-state index contributed by atoms with van der Waals surface area (Å²) in [6, 6.07) is 7.35. The number of methoxy groups -OCH3 is 2. The van der Waals surface area contributed by atoms with Crippen molar-refractivity contribution in [1.29, 1.82) is 0 Å². The van der Waals surface area contributed by atoms with Crippen LogP contribution in [0.3, 0.4) is 0 Å². The molecule has 0 saturated heterocycles. The van der Waals surface area contributed by atoms with Crippen molar-refractivity contribution in [3.8, 4) is 11.5 Å². The van der Waals surface area contributed by atoms with Crippen molar-refractivity contribution in [2.45, 2.75) is 19.0 Å². The number of rotatable bonds is 9. The second-order valence-corrected chi connectivity index (χ2v) is 6.65. The zero-order valence-electron chi connectivity index (χ0n) is 14.4. The molecule has 0 aliphatic heterocycles. The molecule has 25 heavy (non-hydrogen) atoms. The molecule has 0 aliphatic rings. The van der Waals surface area contributed by atoms with Crippen LogP contribution in [0, 0.1) is 6.92 Å². The van der Waals surface area contributed by atoms with E-state index in [1.165, 1.54) is 26.0 Å². The number of oxazole rings is 1. The summed E-state index contributed by atoms with van der Waals surface area (Å²) >= 11 is 7.46. The van der Waals surface area contributed by atoms with Crippen molar-refractivity contribution in [1.82, 2.24) is 10.3 Å². The van der Waals surface area contributed by atoms with Crippen molar-refractivity contribution < 1.29 is 18.7 Å². The van der Waals surface area contributed by atoms with Gasteiger partial charge < -0.3 is 19.2 Å². The summed E-state index contributed by atoms with van der Waals surface area (Å²) in [5.41, 5.74) is 1.65. The van der Waals surface area contributed by atoms with E-state index in [4.69, 9.17) is 25.5 Å². The molecule has 0 fully saturated rings. The lowest BCUT2D eigenvalue weighted by Crippen LogP contribution is -2.35. The predicted molar refractivity (Wildman–Crippen MR) is 98.7 cm³/mol. The van der Waals surface area contributed by atoms with Crippen molar-refractivity contribution in [3.63, 3.8) is 0 Å². The zero-order valence-corrected chi connectivity index (χ0v) is 15.9. The van der Waals surface area contributed by atoms with Crippen molar-refractivity contribution >= 4 is 29.3 Å². The molecule has 8 heteroatoms. The van der Waals surface area contributed by atoms with Crippen LogP contribution in [-0.4, -0.2) is 43.7 Å². The van der Waals surface area contributed by atoms with Gasteiger partial charge in [-0.3, -0.25) is 4.79 Å². The predicted octanol–water partition coefficient (Wildman–Crippen LogP) is 3.27. The summed E-state index contributed by atoms with van der Waals surface area (Å²) in [6.07, 6.45) is -0.438. The van der Waals surface area contributed by atoms with E-state index in [0.29, 0.717) is 29.0 Å². The number of nitrogens with zero attached hydrogens (tertiary/aromatic N) is 1. The van der Waals surface area contributed by atoms with Gasteiger partial charge >= 0.3 is 0 Å². The third-order valence-corrected chi connectivity index (χ3v) is 4.61. The van der Waals surface area contributed by atoms with Gasteiger partial charge in [-0.05, 0) is 25.1 Å². The molecule has 0 bridgehead atoms. The fraction of sp³-hybridized carbons (Fsp3) is 0.412. The number of thioether (sulfide) groups is 1. The molecule has 0 aliphatic carbocycles. The number of aromatic nitrogens is 1. The van der Waals surface area contributed by atoms with Gasteiger partial charge in [-0.1, -0.05) is 17.7 Å². The van der Waals surface area contributed by atoms with Crippen LogP contribution in [0.25, 0.3) is 11.5 Å². The van der Waals surface area contributed by atoms with E-state index in [2.05, 4.69) is 10.3 Å². The van der Waals surface area contributed by atoms with Crippen molar-refractivity contribution in [2.75, 3.05) is 26.5 Å². The van der Waals surface area contributed by atoms with Crippen LogP contribution < -0.4 is 5.32 Å². The van der Waals surface area contributed by atoms with Gasteiger partial charge in [0.2, 0.25) is 11.8 Å². The summed E-state index contributed by atoms with van der Waals surface area (Å²) in [5.74, 6) is 2.09. The van der Waals surface area contributed by atoms with Crippen LogP contribution in [0.15, 0.2) is 28.7 Å². The quantitative estimate of drug-likeness (QED) is 0.669. The van der Waals surface area contributed by atoms with Gasteiger partial charge in [0.1, 0.15) is 5.76 Å². The topological polar surface area (TPSA) is 73.6 Å². The molecule has 1 N–H and O–H groups in total. The number of ether oxygens (including phenoxy) is 2. The lowest BCUT2D eigenvalue weighted by atomic mass is 10.2. The molecule has 0 unspecified atom stereocenters. The molecule has 0 spiro atoms. The molecule has 1 heterocycles. The van der Waals surface area contributed by atoms with Crippen molar-refractivity contribution in [3.05, 3.63) is 40.7 Å². The molecule has 2 aromatic rings. The molecular weight excluding hydrogens is 364 g/mol. The first kappa shape index (κ1) is 19.8. The van der Waals surface area contributed by atoms with Crippen LogP contribution in [0.2, 0.25) is 5.02 Å². The number of benzene rings is 1. The van der Waals surface area contributed by atoms with E-state index < -0.39 is 6.29 Å². The summed E-state index contributed by atoms with van der Waals surface area (Å²) in [6.45, 7) is 2.17. The maximum atomic E-state index is 11.8. The van der Waals surface area contributed by atoms with Gasteiger partial charge in [0, 0.05) is 30.6 Å². The van der Waals surface area contributed by atoms with Gasteiger partial charge in [-0.2, -0.15) is 0 Å². The smallest absolute Gasteiger partial charge is 0.230 e. The Morgan fingerprint density at radius 3 is 2.84 bits per heavy atom. The number of nitrogens with one attached hydrogen (secondary N) is 1. The summed E-state index contributed by atoms with van der Waals surface area (Å²) in [4.78, 5) is 16.3. The lowest BCUT2D eigenvalue weighted by molar-refractivity contribution is -0.125. The molecule has 6 nitrogen and oxygen atoms in total. The number of hydrogen-bond donors (Lipinski definition) is 1. The fourth-order valence-corrected chi connectivity index (χ4v) is 3.10. The average molecular weight is 385 g/mol. The zero-order chi connectivity index (χ0) is 18.2. The molecule has 1 aromatic heterocycles. The SMILES string of the molecule is COC(CNC(=O)CSCc1nc(-c2cccc(Cl)c2)oc1C)OC. The lowest BCUT2D eigenvalue weighted by Gasteiger charge is -2.13. The second kappa shape index (κ2) is 9.82. The number of carbonyl (C=O) groups excluding carboxylic acids is 1. The highest BCUT2D eigenvalue weighted by molar-refractivity contribution is 7.99. The van der Waals surface area contributed by atoms with E-state index >= 15 is 0 Å². The number of halogens is 1. The molecule has 1 amide bonds. The Morgan fingerprint density at radius 2 is 2.16 bits per heavy atom. The maximum Gasteiger partial charge on any atom is 0.230 e. The van der Waals surface area contributed by atoms with Gasteiger partial charge in [-0.15, -0.1) is 11.8 Å². The minimum atomic E-state index is -0.438.